The van der Waals surface area contributed by atoms with Gasteiger partial charge >= 0.3 is 6.18 Å². The van der Waals surface area contributed by atoms with Crippen LogP contribution in [0.25, 0.3) is 0 Å². The van der Waals surface area contributed by atoms with Crippen LogP contribution < -0.4 is 4.74 Å². The fourth-order valence-electron chi connectivity index (χ4n) is 1.78. The van der Waals surface area contributed by atoms with Gasteiger partial charge in [0, 0.05) is 10.5 Å². The number of methoxy groups -OCH3 is 1. The normalized spacial score (nSPS) is 12.7. The van der Waals surface area contributed by atoms with Crippen molar-refractivity contribution in [2.24, 2.45) is 0 Å². The van der Waals surface area contributed by atoms with Crippen LogP contribution in [0.5, 0.6) is 5.75 Å². The van der Waals surface area contributed by atoms with Gasteiger partial charge in [0.05, 0.1) is 12.7 Å². The molecule has 0 aromatic heterocycles. The van der Waals surface area contributed by atoms with Crippen LogP contribution in [0.4, 0.5) is 17.6 Å². The number of Topliss-reactive ketones (excluding diaryl/α,β-unsaturated/α-hetero) is 1. The highest BCUT2D eigenvalue weighted by Gasteiger charge is 2.30. The summed E-state index contributed by atoms with van der Waals surface area (Å²) < 4.78 is 56.4. The number of alkyl halides is 4. The van der Waals surface area contributed by atoms with Crippen LogP contribution in [-0.2, 0) is 6.18 Å². The molecule has 0 bridgehead atoms. The smallest absolute Gasteiger partial charge is 0.416 e. The molecule has 2 nitrogen and oxygen atoms in total. The lowest BCUT2D eigenvalue weighted by atomic mass is 10.1. The Bertz CT molecular complexity index is 666. The zero-order valence-corrected chi connectivity index (χ0v) is 12.7. The lowest BCUT2D eigenvalue weighted by Gasteiger charge is -2.10. The number of halogens is 4. The maximum Gasteiger partial charge on any atom is 0.416 e. The second-order valence-corrected chi connectivity index (χ2v) is 5.67. The Balaban J connectivity index is 2.06. The van der Waals surface area contributed by atoms with Gasteiger partial charge in [0.15, 0.2) is 0 Å². The fraction of sp³-hybridized carbons (Fsp3) is 0.188. The summed E-state index contributed by atoms with van der Waals surface area (Å²) in [5.41, 5.74) is -2.89. The van der Waals surface area contributed by atoms with Gasteiger partial charge in [0.25, 0.3) is 0 Å². The van der Waals surface area contributed by atoms with Crippen LogP contribution in [0, 0.1) is 0 Å². The largest absolute Gasteiger partial charge is 0.497 e. The van der Waals surface area contributed by atoms with Crippen LogP contribution in [0.1, 0.15) is 15.9 Å². The summed E-state index contributed by atoms with van der Waals surface area (Å²) >= 11 is 0.681. The van der Waals surface area contributed by atoms with Crippen LogP contribution in [-0.4, -0.2) is 18.4 Å². The number of carbonyl (C=O) groups is 1. The van der Waals surface area contributed by atoms with Gasteiger partial charge in [0.1, 0.15) is 5.75 Å². The van der Waals surface area contributed by atoms with Crippen LogP contribution >= 0.6 is 11.8 Å². The van der Waals surface area contributed by atoms with E-state index in [1.54, 1.807) is 24.3 Å². The third-order valence-corrected chi connectivity index (χ3v) is 3.97. The average molecular weight is 344 g/mol. The minimum atomic E-state index is -4.49. The highest BCUT2D eigenvalue weighted by atomic mass is 32.2. The Kier molecular flexibility index (Phi) is 5.30. The second kappa shape index (κ2) is 7.04. The highest BCUT2D eigenvalue weighted by Crippen LogP contribution is 2.31. The molecule has 0 amide bonds. The summed E-state index contributed by atoms with van der Waals surface area (Å²) in [6, 6.07) is 9.91. The van der Waals surface area contributed by atoms with Gasteiger partial charge in [-0.3, -0.25) is 4.79 Å². The van der Waals surface area contributed by atoms with E-state index in [2.05, 4.69) is 0 Å². The molecule has 122 valence electrons. The molecule has 0 heterocycles. The quantitative estimate of drug-likeness (QED) is 0.434. The molecule has 2 aromatic carbocycles. The van der Waals surface area contributed by atoms with E-state index in [0.717, 1.165) is 24.3 Å². The molecule has 0 spiro atoms. The van der Waals surface area contributed by atoms with Crippen molar-refractivity contribution in [1.29, 1.82) is 0 Å². The van der Waals surface area contributed by atoms with Crippen molar-refractivity contribution in [1.82, 2.24) is 0 Å². The van der Waals surface area contributed by atoms with E-state index in [9.17, 15) is 22.4 Å². The Morgan fingerprint density at radius 1 is 1.04 bits per heavy atom. The SMILES string of the molecule is COc1ccc(SC(F)C(=O)c2ccc(C(F)(F)F)cc2)cc1. The van der Waals surface area contributed by atoms with Gasteiger partial charge < -0.3 is 4.74 Å². The maximum atomic E-state index is 14.0. The van der Waals surface area contributed by atoms with E-state index in [0.29, 0.717) is 22.4 Å². The lowest BCUT2D eigenvalue weighted by molar-refractivity contribution is -0.137. The monoisotopic (exact) mass is 344 g/mol. The van der Waals surface area contributed by atoms with E-state index in [1.807, 2.05) is 0 Å². The molecule has 0 radical (unpaired) electrons. The minimum Gasteiger partial charge on any atom is -0.497 e. The molecule has 0 aliphatic carbocycles. The lowest BCUT2D eigenvalue weighted by Crippen LogP contribution is -2.13. The van der Waals surface area contributed by atoms with E-state index in [-0.39, 0.29) is 5.56 Å². The molecule has 1 atom stereocenters. The maximum absolute atomic E-state index is 14.0. The summed E-state index contributed by atoms with van der Waals surface area (Å²) in [5, 5.41) is 0. The number of carbonyl (C=O) groups excluding carboxylic acids is 1. The zero-order chi connectivity index (χ0) is 17.0. The number of rotatable bonds is 5. The van der Waals surface area contributed by atoms with E-state index < -0.39 is 23.0 Å². The molecule has 0 saturated carbocycles. The van der Waals surface area contributed by atoms with E-state index >= 15 is 0 Å². The molecule has 0 fully saturated rings. The highest BCUT2D eigenvalue weighted by molar-refractivity contribution is 8.00. The van der Waals surface area contributed by atoms with Crippen LogP contribution in [0.15, 0.2) is 53.4 Å². The molecular formula is C16H12F4O2S. The van der Waals surface area contributed by atoms with Crippen molar-refractivity contribution in [2.75, 3.05) is 7.11 Å². The number of hydrogen-bond donors (Lipinski definition) is 0. The van der Waals surface area contributed by atoms with Crippen LogP contribution in [0.2, 0.25) is 0 Å². The number of thioether (sulfide) groups is 1. The van der Waals surface area contributed by atoms with Gasteiger partial charge in [-0.15, -0.1) is 0 Å². The number of ether oxygens (including phenoxy) is 1. The Labute approximate surface area is 134 Å². The van der Waals surface area contributed by atoms with Gasteiger partial charge in [0.2, 0.25) is 11.3 Å². The van der Waals surface area contributed by atoms with E-state index in [4.69, 9.17) is 4.74 Å². The average Bonchev–Trinajstić information content (AvgIpc) is 2.54. The summed E-state index contributed by atoms with van der Waals surface area (Å²) in [6.07, 6.45) is -4.49. The van der Waals surface area contributed by atoms with Crippen molar-refractivity contribution >= 4 is 17.5 Å². The molecule has 0 aliphatic heterocycles. The molecule has 0 N–H and O–H groups in total. The summed E-state index contributed by atoms with van der Waals surface area (Å²) in [6.45, 7) is 0. The first-order chi connectivity index (χ1) is 10.8. The molecule has 7 heteroatoms. The van der Waals surface area contributed by atoms with Gasteiger partial charge in [-0.25, -0.2) is 4.39 Å². The summed E-state index contributed by atoms with van der Waals surface area (Å²) in [5.74, 6) is -0.279. The molecule has 2 aromatic rings. The van der Waals surface area contributed by atoms with Crippen molar-refractivity contribution in [3.8, 4) is 5.75 Å². The third kappa shape index (κ3) is 4.48. The fourth-order valence-corrected chi connectivity index (χ4v) is 2.56. The van der Waals surface area contributed by atoms with Crippen molar-refractivity contribution < 1.29 is 27.1 Å². The zero-order valence-electron chi connectivity index (χ0n) is 11.9. The van der Waals surface area contributed by atoms with Crippen molar-refractivity contribution in [2.45, 2.75) is 16.6 Å². The van der Waals surface area contributed by atoms with E-state index in [1.165, 1.54) is 7.11 Å². The predicted molar refractivity (Wildman–Crippen MR) is 79.5 cm³/mol. The van der Waals surface area contributed by atoms with Gasteiger partial charge in [-0.1, -0.05) is 23.9 Å². The van der Waals surface area contributed by atoms with Crippen molar-refractivity contribution in [3.05, 3.63) is 59.7 Å². The standard InChI is InChI=1S/C16H12F4O2S/c1-22-12-6-8-13(9-7-12)23-15(17)14(21)10-2-4-11(5-3-10)16(18,19)20/h2-9,15H,1H3. The second-order valence-electron chi connectivity index (χ2n) is 4.55. The molecule has 1 unspecified atom stereocenters. The van der Waals surface area contributed by atoms with Gasteiger partial charge in [-0.2, -0.15) is 13.2 Å². The number of ketones is 1. The van der Waals surface area contributed by atoms with Gasteiger partial charge in [-0.05, 0) is 36.4 Å². The summed E-state index contributed by atoms with van der Waals surface area (Å²) in [4.78, 5) is 12.4. The number of hydrogen-bond acceptors (Lipinski definition) is 3. The first-order valence-electron chi connectivity index (χ1n) is 6.47. The molecular weight excluding hydrogens is 332 g/mol. The predicted octanol–water partition coefficient (Wildman–Crippen LogP) is 4.98. The number of benzene rings is 2. The minimum absolute atomic E-state index is 0.105. The summed E-state index contributed by atoms with van der Waals surface area (Å²) in [7, 11) is 1.49. The molecule has 2 rings (SSSR count). The van der Waals surface area contributed by atoms with Crippen molar-refractivity contribution in [3.63, 3.8) is 0 Å². The first kappa shape index (κ1) is 17.3. The van der Waals surface area contributed by atoms with Crippen LogP contribution in [0.3, 0.4) is 0 Å². The topological polar surface area (TPSA) is 26.3 Å². The Morgan fingerprint density at radius 3 is 2.09 bits per heavy atom. The first-order valence-corrected chi connectivity index (χ1v) is 7.35. The molecule has 23 heavy (non-hydrogen) atoms. The molecule has 0 saturated heterocycles. The third-order valence-electron chi connectivity index (χ3n) is 3.00. The Hall–Kier alpha value is -2.02. The molecule has 0 aliphatic rings. The Morgan fingerprint density at radius 2 is 1.61 bits per heavy atom.